The summed E-state index contributed by atoms with van der Waals surface area (Å²) in [7, 11) is 1.73. The van der Waals surface area contributed by atoms with Crippen LogP contribution in [0.4, 0.5) is 0 Å². The molecule has 1 amide bonds. The summed E-state index contributed by atoms with van der Waals surface area (Å²) in [5.41, 5.74) is 0. The summed E-state index contributed by atoms with van der Waals surface area (Å²) in [4.78, 5) is 17.1. The first-order chi connectivity index (χ1) is 10.5. The highest BCUT2D eigenvalue weighted by molar-refractivity contribution is 7.16. The maximum Gasteiger partial charge on any atom is 0.230 e. The van der Waals surface area contributed by atoms with Crippen molar-refractivity contribution in [2.24, 2.45) is 0 Å². The van der Waals surface area contributed by atoms with E-state index in [0.29, 0.717) is 30.6 Å². The number of hydrogen-bond donors (Lipinski definition) is 1. The number of aliphatic hydroxyl groups is 1. The third kappa shape index (κ3) is 4.93. The molecule has 0 aliphatic carbocycles. The lowest BCUT2D eigenvalue weighted by molar-refractivity contribution is -0.132. The quantitative estimate of drug-likeness (QED) is 0.851. The molecule has 2 atom stereocenters. The molecule has 0 saturated carbocycles. The minimum Gasteiger partial charge on any atom is -0.390 e. The molecule has 124 valence electrons. The Labute approximate surface area is 140 Å². The fraction of sp³-hybridized carbons (Fsp3) is 0.667. The number of rotatable bonds is 6. The Kier molecular flexibility index (Phi) is 6.65. The van der Waals surface area contributed by atoms with Crippen molar-refractivity contribution in [1.29, 1.82) is 0 Å². The van der Waals surface area contributed by atoms with Crippen molar-refractivity contribution in [1.82, 2.24) is 9.80 Å². The standard InChI is InChI=1S/C15H23ClN2O3S/c1-11(13-3-4-14(16)22-13)15(20)17(2)9-12(19)10-18-5-7-21-8-6-18/h3-4,11-12,19H,5-10H2,1-2H3. The van der Waals surface area contributed by atoms with Crippen LogP contribution >= 0.6 is 22.9 Å². The van der Waals surface area contributed by atoms with Crippen molar-refractivity contribution in [3.8, 4) is 0 Å². The van der Waals surface area contributed by atoms with Gasteiger partial charge >= 0.3 is 0 Å². The number of hydrogen-bond acceptors (Lipinski definition) is 5. The van der Waals surface area contributed by atoms with Crippen molar-refractivity contribution in [2.45, 2.75) is 18.9 Å². The summed E-state index contributed by atoms with van der Waals surface area (Å²) >= 11 is 7.34. The Morgan fingerprint density at radius 3 is 2.77 bits per heavy atom. The van der Waals surface area contributed by atoms with Gasteiger partial charge in [0.25, 0.3) is 0 Å². The first-order valence-corrected chi connectivity index (χ1v) is 8.65. The van der Waals surface area contributed by atoms with Gasteiger partial charge in [-0.3, -0.25) is 9.69 Å². The number of carbonyl (C=O) groups is 1. The second-order valence-electron chi connectivity index (χ2n) is 5.65. The second-order valence-corrected chi connectivity index (χ2v) is 7.40. The topological polar surface area (TPSA) is 53.0 Å². The summed E-state index contributed by atoms with van der Waals surface area (Å²) in [5.74, 6) is -0.238. The Bertz CT molecular complexity index is 491. The highest BCUT2D eigenvalue weighted by Crippen LogP contribution is 2.29. The maximum absolute atomic E-state index is 12.4. The van der Waals surface area contributed by atoms with E-state index in [1.807, 2.05) is 13.0 Å². The van der Waals surface area contributed by atoms with E-state index in [1.54, 1.807) is 18.0 Å². The Hall–Kier alpha value is -0.660. The maximum atomic E-state index is 12.4. The summed E-state index contributed by atoms with van der Waals surface area (Å²) in [6, 6.07) is 3.69. The van der Waals surface area contributed by atoms with Gasteiger partial charge < -0.3 is 14.7 Å². The van der Waals surface area contributed by atoms with Gasteiger partial charge in [0.15, 0.2) is 0 Å². The van der Waals surface area contributed by atoms with Gasteiger partial charge in [0.05, 0.1) is 29.6 Å². The predicted octanol–water partition coefficient (Wildman–Crippen LogP) is 1.66. The van der Waals surface area contributed by atoms with Crippen LogP contribution in [0.5, 0.6) is 0 Å². The molecule has 1 N–H and O–H groups in total. The third-order valence-electron chi connectivity index (χ3n) is 3.82. The fourth-order valence-electron chi connectivity index (χ4n) is 2.56. The number of aliphatic hydroxyl groups excluding tert-OH is 1. The number of likely N-dealkylation sites (N-methyl/N-ethyl adjacent to an activating group) is 1. The van der Waals surface area contributed by atoms with Crippen LogP contribution in [0.15, 0.2) is 12.1 Å². The molecule has 22 heavy (non-hydrogen) atoms. The number of carbonyl (C=O) groups excluding carboxylic acids is 1. The van der Waals surface area contributed by atoms with Crippen LogP contribution in [0.1, 0.15) is 17.7 Å². The summed E-state index contributed by atoms with van der Waals surface area (Å²) < 4.78 is 5.97. The van der Waals surface area contributed by atoms with Crippen LogP contribution in [0.2, 0.25) is 4.34 Å². The molecule has 2 heterocycles. The summed E-state index contributed by atoms with van der Waals surface area (Å²) in [6.45, 7) is 5.85. The van der Waals surface area contributed by atoms with E-state index >= 15 is 0 Å². The molecule has 1 aromatic rings. The molecule has 0 radical (unpaired) electrons. The van der Waals surface area contributed by atoms with E-state index in [2.05, 4.69) is 4.90 Å². The third-order valence-corrected chi connectivity index (χ3v) is 5.24. The fourth-order valence-corrected chi connectivity index (χ4v) is 3.66. The van der Waals surface area contributed by atoms with Crippen LogP contribution in [0.3, 0.4) is 0 Å². The first-order valence-electron chi connectivity index (χ1n) is 7.45. The Morgan fingerprint density at radius 2 is 2.18 bits per heavy atom. The number of β-amino-alcohol motifs (C(OH)–C–C–N with tert-alkyl or cyclic N) is 1. The number of morpholine rings is 1. The number of nitrogens with zero attached hydrogens (tertiary/aromatic N) is 2. The number of amides is 1. The molecule has 0 bridgehead atoms. The largest absolute Gasteiger partial charge is 0.390 e. The molecular formula is C15H23ClN2O3S. The van der Waals surface area contributed by atoms with Gasteiger partial charge in [0, 0.05) is 38.1 Å². The van der Waals surface area contributed by atoms with Crippen molar-refractivity contribution in [2.75, 3.05) is 46.4 Å². The van der Waals surface area contributed by atoms with E-state index in [-0.39, 0.29) is 11.8 Å². The van der Waals surface area contributed by atoms with Gasteiger partial charge in [-0.15, -0.1) is 11.3 Å². The van der Waals surface area contributed by atoms with Gasteiger partial charge in [0.1, 0.15) is 0 Å². The van der Waals surface area contributed by atoms with E-state index in [1.165, 1.54) is 11.3 Å². The first kappa shape index (κ1) is 17.7. The van der Waals surface area contributed by atoms with E-state index in [0.717, 1.165) is 18.0 Å². The van der Waals surface area contributed by atoms with Crippen LogP contribution in [0.25, 0.3) is 0 Å². The van der Waals surface area contributed by atoms with Gasteiger partial charge in [-0.1, -0.05) is 11.6 Å². The molecule has 2 unspecified atom stereocenters. The minimum absolute atomic E-state index is 0.000422. The average Bonchev–Trinajstić information content (AvgIpc) is 2.93. The van der Waals surface area contributed by atoms with Crippen molar-refractivity contribution >= 4 is 28.8 Å². The smallest absolute Gasteiger partial charge is 0.230 e. The summed E-state index contributed by atoms with van der Waals surface area (Å²) in [5, 5.41) is 10.2. The molecule has 2 rings (SSSR count). The van der Waals surface area contributed by atoms with Crippen molar-refractivity contribution in [3.63, 3.8) is 0 Å². The van der Waals surface area contributed by atoms with E-state index in [4.69, 9.17) is 16.3 Å². The van der Waals surface area contributed by atoms with Gasteiger partial charge in [-0.05, 0) is 19.1 Å². The van der Waals surface area contributed by atoms with Crippen LogP contribution in [-0.4, -0.2) is 73.4 Å². The SMILES string of the molecule is CC(C(=O)N(C)CC(O)CN1CCOCC1)c1ccc(Cl)s1. The van der Waals surface area contributed by atoms with Gasteiger partial charge in [0.2, 0.25) is 5.91 Å². The van der Waals surface area contributed by atoms with E-state index in [9.17, 15) is 9.90 Å². The zero-order valence-electron chi connectivity index (χ0n) is 13.0. The van der Waals surface area contributed by atoms with Crippen LogP contribution in [-0.2, 0) is 9.53 Å². The lowest BCUT2D eigenvalue weighted by Crippen LogP contribution is -2.45. The average molecular weight is 347 g/mol. The molecule has 5 nitrogen and oxygen atoms in total. The zero-order valence-corrected chi connectivity index (χ0v) is 14.6. The predicted molar refractivity (Wildman–Crippen MR) is 88.6 cm³/mol. The lowest BCUT2D eigenvalue weighted by Gasteiger charge is -2.30. The summed E-state index contributed by atoms with van der Waals surface area (Å²) in [6.07, 6.45) is -0.550. The molecule has 0 spiro atoms. The molecule has 1 fully saturated rings. The van der Waals surface area contributed by atoms with Gasteiger partial charge in [-0.25, -0.2) is 0 Å². The van der Waals surface area contributed by atoms with E-state index < -0.39 is 6.10 Å². The van der Waals surface area contributed by atoms with Crippen molar-refractivity contribution < 1.29 is 14.6 Å². The monoisotopic (exact) mass is 346 g/mol. The number of halogens is 1. The molecule has 1 aromatic heterocycles. The molecule has 1 aliphatic heterocycles. The minimum atomic E-state index is -0.550. The molecule has 1 saturated heterocycles. The molecular weight excluding hydrogens is 324 g/mol. The molecule has 7 heteroatoms. The van der Waals surface area contributed by atoms with Crippen LogP contribution < -0.4 is 0 Å². The number of thiophene rings is 1. The van der Waals surface area contributed by atoms with Gasteiger partial charge in [-0.2, -0.15) is 0 Å². The van der Waals surface area contributed by atoms with Crippen LogP contribution in [0, 0.1) is 0 Å². The van der Waals surface area contributed by atoms with Crippen molar-refractivity contribution in [3.05, 3.63) is 21.3 Å². The Balaban J connectivity index is 1.82. The Morgan fingerprint density at radius 1 is 1.50 bits per heavy atom. The molecule has 1 aliphatic rings. The highest BCUT2D eigenvalue weighted by Gasteiger charge is 2.23. The molecule has 0 aromatic carbocycles. The second kappa shape index (κ2) is 8.26. The normalized spacial score (nSPS) is 18.9. The lowest BCUT2D eigenvalue weighted by atomic mass is 10.1. The number of ether oxygens (including phenoxy) is 1. The highest BCUT2D eigenvalue weighted by atomic mass is 35.5. The zero-order chi connectivity index (χ0) is 16.1.